The molecule has 2 heterocycles. The number of hydrogen-bond donors (Lipinski definition) is 2. The number of rotatable bonds is 2. The number of halogens is 1. The summed E-state index contributed by atoms with van der Waals surface area (Å²) in [6, 6.07) is 11.7. The van der Waals surface area contributed by atoms with Crippen LogP contribution in [0.4, 0.5) is 0 Å². The molecule has 2 N–H and O–H groups in total. The van der Waals surface area contributed by atoms with E-state index in [2.05, 4.69) is 11.2 Å². The van der Waals surface area contributed by atoms with Crippen LogP contribution < -0.4 is 9.88 Å². The normalized spacial score (nSPS) is 20.8. The Labute approximate surface area is 137 Å². The summed E-state index contributed by atoms with van der Waals surface area (Å²) in [5, 5.41) is 10.3. The zero-order valence-corrected chi connectivity index (χ0v) is 12.7. The first kappa shape index (κ1) is 15.2. The van der Waals surface area contributed by atoms with Crippen LogP contribution in [-0.4, -0.2) is 17.7 Å². The van der Waals surface area contributed by atoms with E-state index < -0.39 is 23.8 Å². The van der Waals surface area contributed by atoms with Crippen molar-refractivity contribution in [2.45, 2.75) is 12.0 Å². The van der Waals surface area contributed by atoms with E-state index in [1.165, 1.54) is 0 Å². The molecule has 23 heavy (non-hydrogen) atoms. The van der Waals surface area contributed by atoms with Gasteiger partial charge in [0.25, 0.3) is 11.8 Å². The van der Waals surface area contributed by atoms with Crippen LogP contribution in [0.3, 0.4) is 0 Å². The minimum Gasteiger partial charge on any atom is -0.286 e. The Bertz CT molecular complexity index is 811. The molecule has 1 aliphatic heterocycles. The topological polar surface area (TPSA) is 73.9 Å². The van der Waals surface area contributed by atoms with Crippen LogP contribution in [0.5, 0.6) is 0 Å². The lowest BCUT2D eigenvalue weighted by Gasteiger charge is -2.27. The third-order valence-electron chi connectivity index (χ3n) is 3.80. The van der Waals surface area contributed by atoms with Crippen LogP contribution in [-0.2, 0) is 9.59 Å². The van der Waals surface area contributed by atoms with Crippen molar-refractivity contribution in [3.8, 4) is 0 Å². The fraction of sp³-hybridized carbons (Fsp3) is 0.118. The molecular weight excluding hydrogens is 314 g/mol. The average Bonchev–Trinajstić information content (AvgIpc) is 2.56. The van der Waals surface area contributed by atoms with Gasteiger partial charge in [-0.1, -0.05) is 29.8 Å². The number of nitrogens with one attached hydrogen (secondary N) is 2. The third-order valence-corrected chi connectivity index (χ3v) is 4.05. The predicted molar refractivity (Wildman–Crippen MR) is 84.3 cm³/mol. The molecule has 1 aliphatic rings. The number of piperidine rings is 1. The van der Waals surface area contributed by atoms with Gasteiger partial charge in [0.15, 0.2) is 12.4 Å². The van der Waals surface area contributed by atoms with Crippen LogP contribution in [0.25, 0.3) is 0 Å². The highest BCUT2D eigenvalue weighted by molar-refractivity contribution is 6.30. The number of nitrogens with zero attached hydrogens (tertiary/aromatic N) is 1. The molecule has 2 amide bonds. The summed E-state index contributed by atoms with van der Waals surface area (Å²) < 4.78 is 1.72. The largest absolute Gasteiger partial charge is 0.296 e. The second-order valence-electron chi connectivity index (χ2n) is 5.15. The van der Waals surface area contributed by atoms with E-state index in [4.69, 9.17) is 17.0 Å². The summed E-state index contributed by atoms with van der Waals surface area (Å²) in [7, 11) is 0. The molecule has 114 valence electrons. The quantitative estimate of drug-likeness (QED) is 0.382. The molecule has 0 unspecified atom stereocenters. The predicted octanol–water partition coefficient (Wildman–Crippen LogP) is 1.78. The van der Waals surface area contributed by atoms with Gasteiger partial charge in [0, 0.05) is 17.2 Å². The van der Waals surface area contributed by atoms with Crippen LogP contribution in [0, 0.1) is 5.41 Å². The number of carbonyl (C=O) groups is 2. The highest BCUT2D eigenvalue weighted by atomic mass is 35.5. The van der Waals surface area contributed by atoms with Gasteiger partial charge in [0.05, 0.1) is 11.5 Å². The minimum atomic E-state index is -0.678. The molecule has 1 saturated heterocycles. The summed E-state index contributed by atoms with van der Waals surface area (Å²) in [6.07, 6.45) is 3.51. The van der Waals surface area contributed by atoms with Gasteiger partial charge >= 0.3 is 0 Å². The van der Waals surface area contributed by atoms with Gasteiger partial charge in [-0.05, 0) is 23.6 Å². The van der Waals surface area contributed by atoms with E-state index in [9.17, 15) is 9.59 Å². The van der Waals surface area contributed by atoms with E-state index in [1.807, 2.05) is 6.07 Å². The first-order chi connectivity index (χ1) is 11.1. The number of amides is 2. The van der Waals surface area contributed by atoms with E-state index in [-0.39, 0.29) is 5.57 Å². The molecule has 5 nitrogen and oxygen atoms in total. The summed E-state index contributed by atoms with van der Waals surface area (Å²) in [5.41, 5.74) is 0.849. The summed E-state index contributed by atoms with van der Waals surface area (Å²) in [4.78, 5) is 24.5. The van der Waals surface area contributed by atoms with E-state index in [0.717, 1.165) is 5.56 Å². The lowest BCUT2D eigenvalue weighted by molar-refractivity contribution is -0.711. The zero-order chi connectivity index (χ0) is 16.4. The Kier molecular flexibility index (Phi) is 4.06. The number of aromatic nitrogens is 1. The van der Waals surface area contributed by atoms with E-state index >= 15 is 0 Å². The smallest absolute Gasteiger partial charge is 0.286 e. The maximum atomic E-state index is 12.4. The second-order valence-corrected chi connectivity index (χ2v) is 5.59. The lowest BCUT2D eigenvalue weighted by atomic mass is 9.81. The van der Waals surface area contributed by atoms with Crippen molar-refractivity contribution in [3.63, 3.8) is 0 Å². The van der Waals surface area contributed by atoms with Crippen LogP contribution in [0.1, 0.15) is 17.5 Å². The average molecular weight is 327 g/mol. The van der Waals surface area contributed by atoms with Crippen molar-refractivity contribution in [1.29, 1.82) is 5.41 Å². The Morgan fingerprint density at radius 3 is 2.35 bits per heavy atom. The zero-order valence-electron chi connectivity index (χ0n) is 12.0. The summed E-state index contributed by atoms with van der Waals surface area (Å²) in [5.74, 6) is 0.597. The Morgan fingerprint density at radius 2 is 1.74 bits per heavy atom. The van der Waals surface area contributed by atoms with Crippen molar-refractivity contribution < 1.29 is 14.2 Å². The fourth-order valence-corrected chi connectivity index (χ4v) is 2.89. The number of imide groups is 1. The van der Waals surface area contributed by atoms with Gasteiger partial charge in [0.1, 0.15) is 0 Å². The maximum Gasteiger partial charge on any atom is 0.296 e. The van der Waals surface area contributed by atoms with Gasteiger partial charge < -0.3 is 0 Å². The fourth-order valence-electron chi connectivity index (χ4n) is 2.76. The van der Waals surface area contributed by atoms with Crippen molar-refractivity contribution in [2.24, 2.45) is 0 Å². The third kappa shape index (κ3) is 2.80. The second kappa shape index (κ2) is 6.16. The monoisotopic (exact) mass is 326 g/mol. The molecule has 6 heteroatoms. The van der Waals surface area contributed by atoms with Crippen LogP contribution in [0.15, 0.2) is 60.4 Å². The molecule has 0 spiro atoms. The number of hydrogen-bond acceptors (Lipinski definition) is 3. The van der Waals surface area contributed by atoms with Crippen LogP contribution >= 0.6 is 11.6 Å². The molecule has 0 bridgehead atoms. The number of carbonyl (C=O) groups excluding carboxylic acids is 2. The van der Waals surface area contributed by atoms with Crippen molar-refractivity contribution >= 4 is 29.3 Å². The Hall–Kier alpha value is -2.75. The Balaban J connectivity index is 2.17. The number of pyridine rings is 1. The van der Waals surface area contributed by atoms with Gasteiger partial charge in [-0.3, -0.25) is 20.3 Å². The summed E-state index contributed by atoms with van der Waals surface area (Å²) >= 11 is 5.92. The highest BCUT2D eigenvalue weighted by Crippen LogP contribution is 2.35. The van der Waals surface area contributed by atoms with Crippen LogP contribution in [0.2, 0.25) is 5.02 Å². The van der Waals surface area contributed by atoms with Crippen molar-refractivity contribution in [1.82, 2.24) is 5.32 Å². The molecule has 1 aromatic carbocycles. The first-order valence-electron chi connectivity index (χ1n) is 6.98. The first-order valence-corrected chi connectivity index (χ1v) is 7.35. The highest BCUT2D eigenvalue weighted by Gasteiger charge is 2.47. The summed E-state index contributed by atoms with van der Waals surface area (Å²) in [6.45, 7) is 0. The molecule has 0 saturated carbocycles. The molecule has 0 aliphatic carbocycles. The lowest BCUT2D eigenvalue weighted by Crippen LogP contribution is -2.57. The van der Waals surface area contributed by atoms with Crippen molar-refractivity contribution in [3.05, 3.63) is 71.0 Å². The van der Waals surface area contributed by atoms with E-state index in [1.54, 1.807) is 53.4 Å². The molecule has 1 aromatic heterocycles. The van der Waals surface area contributed by atoms with Gasteiger partial charge in [-0.2, -0.15) is 4.57 Å². The van der Waals surface area contributed by atoms with Crippen molar-refractivity contribution in [2.75, 3.05) is 0 Å². The van der Waals surface area contributed by atoms with Gasteiger partial charge in [0.2, 0.25) is 6.04 Å². The van der Waals surface area contributed by atoms with Gasteiger partial charge in [-0.25, -0.2) is 0 Å². The molecule has 0 radical (unpaired) electrons. The molecule has 2 aromatic rings. The molecular formula is C17H13ClN3O2+. The minimum absolute atomic E-state index is 0.119. The Morgan fingerprint density at radius 1 is 1.09 bits per heavy atom. The maximum absolute atomic E-state index is 12.4. The standard InChI is InChI=1S/C17H12ClN3O2/c18-12-6-4-11(5-7-12)14-13(10-19)16(22)20-17(23)15(14)21-8-2-1-3-9-21/h1-9,14-15,19H/p+1/t14-,15+/m0/s1. The molecule has 3 rings (SSSR count). The van der Waals surface area contributed by atoms with Gasteiger partial charge in [-0.15, -0.1) is 0 Å². The number of benzene rings is 1. The SMILES string of the molecule is N=C=C1C(=O)NC(=O)[C@H]([n+]2ccccc2)[C@H]1c1ccc(Cl)cc1. The molecule has 1 fully saturated rings. The van der Waals surface area contributed by atoms with E-state index in [0.29, 0.717) is 5.02 Å². The molecule has 2 atom stereocenters.